The highest BCUT2D eigenvalue weighted by molar-refractivity contribution is 7.91. The van der Waals surface area contributed by atoms with Crippen molar-refractivity contribution in [2.45, 2.75) is 63.7 Å². The van der Waals surface area contributed by atoms with Crippen LogP contribution in [0.25, 0.3) is 0 Å². The summed E-state index contributed by atoms with van der Waals surface area (Å²) in [5.41, 5.74) is 5.84. The molecule has 0 aromatic carbocycles. The van der Waals surface area contributed by atoms with Crippen LogP contribution in [0.1, 0.15) is 52.4 Å². The number of unbranched alkanes of at least 4 members (excludes halogenated alkanes) is 4. The van der Waals surface area contributed by atoms with Gasteiger partial charge in [0.25, 0.3) is 0 Å². The second-order valence-electron chi connectivity index (χ2n) is 4.40. The molecule has 2 unspecified atom stereocenters. The number of hydrogen-bond acceptors (Lipinski definition) is 3. The molecule has 0 aliphatic heterocycles. The summed E-state index contributed by atoms with van der Waals surface area (Å²) >= 11 is 0. The van der Waals surface area contributed by atoms with Crippen molar-refractivity contribution in [2.24, 2.45) is 5.73 Å². The fraction of sp³-hybridized carbons (Fsp3) is 1.00. The third-order valence-electron chi connectivity index (χ3n) is 2.92. The molecule has 3 nitrogen and oxygen atoms in total. The SMILES string of the molecule is CCCCCCCC(N)C(C)S(C)(=O)=O. The molecular formula is C11H25NO2S. The summed E-state index contributed by atoms with van der Waals surface area (Å²) in [6.45, 7) is 3.88. The largest absolute Gasteiger partial charge is 0.327 e. The summed E-state index contributed by atoms with van der Waals surface area (Å²) in [5, 5.41) is -0.413. The molecule has 0 aliphatic rings. The van der Waals surface area contributed by atoms with Crippen LogP contribution < -0.4 is 5.73 Å². The van der Waals surface area contributed by atoms with Crippen molar-refractivity contribution in [1.82, 2.24) is 0 Å². The standard InChI is InChI=1S/C11H25NO2S/c1-4-5-6-7-8-9-11(12)10(2)15(3,13)14/h10-11H,4-9,12H2,1-3H3. The second-order valence-corrected chi connectivity index (χ2v) is 6.80. The Morgan fingerprint density at radius 2 is 1.67 bits per heavy atom. The van der Waals surface area contributed by atoms with Gasteiger partial charge in [-0.15, -0.1) is 0 Å². The highest BCUT2D eigenvalue weighted by Crippen LogP contribution is 2.11. The Morgan fingerprint density at radius 3 is 2.13 bits per heavy atom. The zero-order valence-electron chi connectivity index (χ0n) is 10.2. The summed E-state index contributed by atoms with van der Waals surface area (Å²) in [6, 6.07) is -0.207. The minimum absolute atomic E-state index is 0.207. The fourth-order valence-corrected chi connectivity index (χ4v) is 2.31. The smallest absolute Gasteiger partial charge is 0.151 e. The first-order chi connectivity index (χ1) is 6.89. The molecule has 0 fully saturated rings. The van der Waals surface area contributed by atoms with Gasteiger partial charge in [-0.1, -0.05) is 39.0 Å². The van der Waals surface area contributed by atoms with Crippen LogP contribution in [-0.2, 0) is 9.84 Å². The van der Waals surface area contributed by atoms with E-state index in [2.05, 4.69) is 6.92 Å². The van der Waals surface area contributed by atoms with Crippen molar-refractivity contribution in [3.8, 4) is 0 Å². The Bertz CT molecular complexity index is 249. The van der Waals surface area contributed by atoms with Crippen LogP contribution in [0.15, 0.2) is 0 Å². The first kappa shape index (κ1) is 14.9. The molecule has 0 aromatic rings. The molecule has 0 bridgehead atoms. The number of rotatable bonds is 8. The first-order valence-electron chi connectivity index (χ1n) is 5.84. The molecule has 0 spiro atoms. The van der Waals surface area contributed by atoms with E-state index in [1.54, 1.807) is 6.92 Å². The van der Waals surface area contributed by atoms with Crippen LogP contribution in [-0.4, -0.2) is 26.0 Å². The fourth-order valence-electron chi connectivity index (χ4n) is 1.54. The molecule has 0 saturated carbocycles. The molecule has 0 rings (SSSR count). The van der Waals surface area contributed by atoms with Gasteiger partial charge < -0.3 is 5.73 Å². The van der Waals surface area contributed by atoms with Crippen molar-refractivity contribution >= 4 is 9.84 Å². The summed E-state index contributed by atoms with van der Waals surface area (Å²) in [7, 11) is -2.97. The minimum atomic E-state index is -2.97. The van der Waals surface area contributed by atoms with Crippen LogP contribution in [0.4, 0.5) is 0 Å². The first-order valence-corrected chi connectivity index (χ1v) is 7.79. The summed E-state index contributed by atoms with van der Waals surface area (Å²) in [5.74, 6) is 0. The Hall–Kier alpha value is -0.0900. The normalized spacial score (nSPS) is 16.3. The predicted octanol–water partition coefficient (Wildman–Crippen LogP) is 2.11. The van der Waals surface area contributed by atoms with Crippen LogP contribution in [0.2, 0.25) is 0 Å². The highest BCUT2D eigenvalue weighted by atomic mass is 32.2. The maximum absolute atomic E-state index is 11.2. The van der Waals surface area contributed by atoms with Crippen molar-refractivity contribution in [1.29, 1.82) is 0 Å². The number of nitrogens with two attached hydrogens (primary N) is 1. The quantitative estimate of drug-likeness (QED) is 0.655. The molecule has 0 saturated heterocycles. The molecule has 15 heavy (non-hydrogen) atoms. The van der Waals surface area contributed by atoms with Gasteiger partial charge in [-0.2, -0.15) is 0 Å². The molecule has 2 atom stereocenters. The van der Waals surface area contributed by atoms with E-state index >= 15 is 0 Å². The lowest BCUT2D eigenvalue weighted by Gasteiger charge is -2.17. The van der Waals surface area contributed by atoms with E-state index in [1.165, 1.54) is 25.5 Å². The summed E-state index contributed by atoms with van der Waals surface area (Å²) in [6.07, 6.45) is 8.00. The van der Waals surface area contributed by atoms with E-state index in [0.717, 1.165) is 19.3 Å². The molecular weight excluding hydrogens is 210 g/mol. The van der Waals surface area contributed by atoms with Gasteiger partial charge in [0.2, 0.25) is 0 Å². The summed E-state index contributed by atoms with van der Waals surface area (Å²) in [4.78, 5) is 0. The average molecular weight is 235 g/mol. The van der Waals surface area contributed by atoms with E-state index in [9.17, 15) is 8.42 Å². The molecule has 4 heteroatoms. The van der Waals surface area contributed by atoms with Crippen molar-refractivity contribution in [3.05, 3.63) is 0 Å². The predicted molar refractivity (Wildman–Crippen MR) is 65.7 cm³/mol. The van der Waals surface area contributed by atoms with E-state index in [0.29, 0.717) is 0 Å². The van der Waals surface area contributed by atoms with Crippen molar-refractivity contribution < 1.29 is 8.42 Å². The highest BCUT2D eigenvalue weighted by Gasteiger charge is 2.21. The average Bonchev–Trinajstić information content (AvgIpc) is 2.14. The Labute approximate surface area is 94.4 Å². The van der Waals surface area contributed by atoms with Gasteiger partial charge in [-0.05, 0) is 13.3 Å². The lowest BCUT2D eigenvalue weighted by Crippen LogP contribution is -2.37. The zero-order valence-corrected chi connectivity index (χ0v) is 11.0. The molecule has 92 valence electrons. The van der Waals surface area contributed by atoms with Crippen molar-refractivity contribution in [2.75, 3.05) is 6.26 Å². The third-order valence-corrected chi connectivity index (χ3v) is 4.62. The molecule has 0 heterocycles. The second kappa shape index (κ2) is 7.23. The Morgan fingerprint density at radius 1 is 1.13 bits per heavy atom. The Kier molecular flexibility index (Phi) is 7.18. The van der Waals surface area contributed by atoms with Crippen LogP contribution in [0.5, 0.6) is 0 Å². The van der Waals surface area contributed by atoms with Gasteiger partial charge in [0, 0.05) is 12.3 Å². The molecule has 0 aromatic heterocycles. The van der Waals surface area contributed by atoms with Crippen LogP contribution >= 0.6 is 0 Å². The molecule has 0 radical (unpaired) electrons. The van der Waals surface area contributed by atoms with Gasteiger partial charge in [0.05, 0.1) is 5.25 Å². The number of hydrogen-bond donors (Lipinski definition) is 1. The minimum Gasteiger partial charge on any atom is -0.327 e. The molecule has 0 aliphatic carbocycles. The van der Waals surface area contributed by atoms with Gasteiger partial charge >= 0.3 is 0 Å². The van der Waals surface area contributed by atoms with Crippen molar-refractivity contribution in [3.63, 3.8) is 0 Å². The molecule has 0 amide bonds. The zero-order chi connectivity index (χ0) is 11.9. The lowest BCUT2D eigenvalue weighted by molar-refractivity contribution is 0.514. The maximum atomic E-state index is 11.2. The van der Waals surface area contributed by atoms with Crippen LogP contribution in [0.3, 0.4) is 0 Å². The van der Waals surface area contributed by atoms with Gasteiger partial charge in [-0.3, -0.25) is 0 Å². The van der Waals surface area contributed by atoms with E-state index in [-0.39, 0.29) is 6.04 Å². The van der Waals surface area contributed by atoms with Gasteiger partial charge in [0.1, 0.15) is 0 Å². The summed E-state index contributed by atoms with van der Waals surface area (Å²) < 4.78 is 22.5. The third kappa shape index (κ3) is 6.90. The maximum Gasteiger partial charge on any atom is 0.151 e. The Balaban J connectivity index is 3.70. The monoisotopic (exact) mass is 235 g/mol. The van der Waals surface area contributed by atoms with Gasteiger partial charge in [-0.25, -0.2) is 8.42 Å². The van der Waals surface area contributed by atoms with E-state index in [1.807, 2.05) is 0 Å². The van der Waals surface area contributed by atoms with Crippen LogP contribution in [0, 0.1) is 0 Å². The topological polar surface area (TPSA) is 60.2 Å². The lowest BCUT2D eigenvalue weighted by atomic mass is 10.1. The number of sulfone groups is 1. The van der Waals surface area contributed by atoms with Gasteiger partial charge in [0.15, 0.2) is 9.84 Å². The molecule has 2 N–H and O–H groups in total. The van der Waals surface area contributed by atoms with E-state index < -0.39 is 15.1 Å². The van der Waals surface area contributed by atoms with E-state index in [4.69, 9.17) is 5.73 Å².